The Bertz CT molecular complexity index is 426. The topological polar surface area (TPSA) is 38.7 Å². The first kappa shape index (κ1) is 9.77. The summed E-state index contributed by atoms with van der Waals surface area (Å²) < 4.78 is 0. The van der Waals surface area contributed by atoms with Gasteiger partial charge in [-0.25, -0.2) is 9.97 Å². The average Bonchev–Trinajstić information content (AvgIpc) is 2.31. The van der Waals surface area contributed by atoms with Crippen LogP contribution in [0.1, 0.15) is 19.0 Å². The zero-order valence-electron chi connectivity index (χ0n) is 8.72. The van der Waals surface area contributed by atoms with Crippen molar-refractivity contribution in [3.05, 3.63) is 42.4 Å². The van der Waals surface area contributed by atoms with Crippen molar-refractivity contribution in [2.75, 3.05) is 0 Å². The van der Waals surface area contributed by atoms with Crippen LogP contribution in [-0.4, -0.2) is 15.0 Å². The van der Waals surface area contributed by atoms with E-state index in [1.807, 2.05) is 24.3 Å². The highest BCUT2D eigenvalue weighted by atomic mass is 14.9. The highest BCUT2D eigenvalue weighted by Crippen LogP contribution is 2.10. The zero-order valence-corrected chi connectivity index (χ0v) is 8.72. The lowest BCUT2D eigenvalue weighted by molar-refractivity contribution is 0.874. The van der Waals surface area contributed by atoms with Crippen LogP contribution in [-0.2, 0) is 6.42 Å². The minimum absolute atomic E-state index is 0.710. The van der Waals surface area contributed by atoms with Gasteiger partial charge in [-0.2, -0.15) is 0 Å². The molecule has 0 saturated heterocycles. The lowest BCUT2D eigenvalue weighted by Crippen LogP contribution is -1.95. The van der Waals surface area contributed by atoms with Gasteiger partial charge in [0, 0.05) is 18.1 Å². The number of rotatable bonds is 3. The molecule has 0 aliphatic heterocycles. The second-order valence-electron chi connectivity index (χ2n) is 3.34. The summed E-state index contributed by atoms with van der Waals surface area (Å²) in [6.07, 6.45) is 5.63. The molecule has 2 aromatic rings. The largest absolute Gasteiger partial charge is 0.253 e. The molecule has 0 saturated carbocycles. The monoisotopic (exact) mass is 199 g/mol. The molecule has 2 heterocycles. The lowest BCUT2D eigenvalue weighted by atomic mass is 10.2. The van der Waals surface area contributed by atoms with Crippen molar-refractivity contribution in [3.63, 3.8) is 0 Å². The first-order chi connectivity index (χ1) is 7.40. The van der Waals surface area contributed by atoms with E-state index in [2.05, 4.69) is 21.9 Å². The molecule has 0 atom stereocenters. The van der Waals surface area contributed by atoms with E-state index in [4.69, 9.17) is 0 Å². The summed E-state index contributed by atoms with van der Waals surface area (Å²) in [6.45, 7) is 2.14. The molecule has 3 nitrogen and oxygen atoms in total. The Morgan fingerprint density at radius 2 is 2.00 bits per heavy atom. The van der Waals surface area contributed by atoms with E-state index in [1.165, 1.54) is 0 Å². The van der Waals surface area contributed by atoms with Gasteiger partial charge in [0.15, 0.2) is 5.82 Å². The van der Waals surface area contributed by atoms with Crippen LogP contribution in [0.2, 0.25) is 0 Å². The Labute approximate surface area is 89.2 Å². The van der Waals surface area contributed by atoms with E-state index in [-0.39, 0.29) is 0 Å². The maximum Gasteiger partial charge on any atom is 0.178 e. The molecule has 2 aromatic heterocycles. The Balaban J connectivity index is 2.33. The minimum Gasteiger partial charge on any atom is -0.253 e. The highest BCUT2D eigenvalue weighted by Gasteiger charge is 2.02. The number of aromatic nitrogens is 3. The Morgan fingerprint density at radius 3 is 2.73 bits per heavy atom. The number of aryl methyl sites for hydroxylation is 1. The molecule has 0 spiro atoms. The summed E-state index contributed by atoms with van der Waals surface area (Å²) in [5.41, 5.74) is 1.91. The van der Waals surface area contributed by atoms with Crippen molar-refractivity contribution in [1.82, 2.24) is 15.0 Å². The molecule has 3 heteroatoms. The van der Waals surface area contributed by atoms with Crippen molar-refractivity contribution in [3.8, 4) is 11.5 Å². The van der Waals surface area contributed by atoms with Crippen LogP contribution in [0.4, 0.5) is 0 Å². The maximum atomic E-state index is 4.46. The smallest absolute Gasteiger partial charge is 0.178 e. The minimum atomic E-state index is 0.710. The molecule has 0 amide bonds. The van der Waals surface area contributed by atoms with E-state index >= 15 is 0 Å². The molecule has 0 fully saturated rings. The number of pyridine rings is 1. The Morgan fingerprint density at radius 1 is 1.07 bits per heavy atom. The number of hydrogen-bond acceptors (Lipinski definition) is 3. The van der Waals surface area contributed by atoms with Crippen LogP contribution >= 0.6 is 0 Å². The second-order valence-corrected chi connectivity index (χ2v) is 3.34. The van der Waals surface area contributed by atoms with Crippen LogP contribution < -0.4 is 0 Å². The summed E-state index contributed by atoms with van der Waals surface area (Å²) in [7, 11) is 0. The van der Waals surface area contributed by atoms with Gasteiger partial charge in [-0.05, 0) is 24.6 Å². The highest BCUT2D eigenvalue weighted by molar-refractivity contribution is 5.47. The van der Waals surface area contributed by atoms with Gasteiger partial charge in [-0.15, -0.1) is 0 Å². The van der Waals surface area contributed by atoms with Crippen molar-refractivity contribution in [2.24, 2.45) is 0 Å². The molecule has 0 radical (unpaired) electrons. The molecule has 76 valence electrons. The van der Waals surface area contributed by atoms with Gasteiger partial charge in [-0.1, -0.05) is 19.4 Å². The molecular weight excluding hydrogens is 186 g/mol. The maximum absolute atomic E-state index is 4.46. The Kier molecular flexibility index (Phi) is 3.02. The van der Waals surface area contributed by atoms with Gasteiger partial charge < -0.3 is 0 Å². The third kappa shape index (κ3) is 2.37. The van der Waals surface area contributed by atoms with E-state index in [0.717, 1.165) is 24.2 Å². The first-order valence-corrected chi connectivity index (χ1v) is 5.13. The fourth-order valence-electron chi connectivity index (χ4n) is 1.41. The third-order valence-corrected chi connectivity index (χ3v) is 2.11. The fraction of sp³-hybridized carbons (Fsp3) is 0.250. The zero-order chi connectivity index (χ0) is 10.5. The molecule has 0 unspecified atom stereocenters. The summed E-state index contributed by atoms with van der Waals surface area (Å²) in [5, 5.41) is 0. The Hall–Kier alpha value is -1.77. The lowest BCUT2D eigenvalue weighted by Gasteiger charge is -2.01. The van der Waals surface area contributed by atoms with E-state index in [0.29, 0.717) is 5.82 Å². The standard InChI is InChI=1S/C12H13N3/c1-2-5-10-7-9-14-12(15-10)11-6-3-4-8-13-11/h3-4,6-9H,2,5H2,1H3. The summed E-state index contributed by atoms with van der Waals surface area (Å²) in [5.74, 6) is 0.710. The second kappa shape index (κ2) is 4.64. The molecule has 0 N–H and O–H groups in total. The van der Waals surface area contributed by atoms with Crippen LogP contribution in [0, 0.1) is 0 Å². The van der Waals surface area contributed by atoms with Gasteiger partial charge in [0.2, 0.25) is 0 Å². The molecule has 0 aliphatic carbocycles. The van der Waals surface area contributed by atoms with E-state index < -0.39 is 0 Å². The molecule has 0 aliphatic rings. The van der Waals surface area contributed by atoms with Crippen LogP contribution in [0.3, 0.4) is 0 Å². The van der Waals surface area contributed by atoms with Gasteiger partial charge in [-0.3, -0.25) is 4.98 Å². The molecule has 15 heavy (non-hydrogen) atoms. The van der Waals surface area contributed by atoms with Crippen LogP contribution in [0.15, 0.2) is 36.7 Å². The van der Waals surface area contributed by atoms with Gasteiger partial charge in [0.25, 0.3) is 0 Å². The van der Waals surface area contributed by atoms with Gasteiger partial charge in [0.05, 0.1) is 0 Å². The van der Waals surface area contributed by atoms with E-state index in [1.54, 1.807) is 12.4 Å². The summed E-state index contributed by atoms with van der Waals surface area (Å²) in [6, 6.07) is 7.71. The summed E-state index contributed by atoms with van der Waals surface area (Å²) >= 11 is 0. The third-order valence-electron chi connectivity index (χ3n) is 2.11. The SMILES string of the molecule is CCCc1ccnc(-c2ccccn2)n1. The summed E-state index contributed by atoms with van der Waals surface area (Å²) in [4.78, 5) is 12.9. The predicted octanol–water partition coefficient (Wildman–Crippen LogP) is 2.49. The quantitative estimate of drug-likeness (QED) is 0.762. The average molecular weight is 199 g/mol. The first-order valence-electron chi connectivity index (χ1n) is 5.13. The number of nitrogens with zero attached hydrogens (tertiary/aromatic N) is 3. The van der Waals surface area contributed by atoms with Crippen molar-refractivity contribution in [2.45, 2.75) is 19.8 Å². The van der Waals surface area contributed by atoms with Gasteiger partial charge in [0.1, 0.15) is 5.69 Å². The van der Waals surface area contributed by atoms with Gasteiger partial charge >= 0.3 is 0 Å². The van der Waals surface area contributed by atoms with Crippen molar-refractivity contribution in [1.29, 1.82) is 0 Å². The van der Waals surface area contributed by atoms with Crippen molar-refractivity contribution < 1.29 is 0 Å². The molecule has 0 bridgehead atoms. The van der Waals surface area contributed by atoms with E-state index in [9.17, 15) is 0 Å². The van der Waals surface area contributed by atoms with Crippen LogP contribution in [0.5, 0.6) is 0 Å². The fourth-order valence-corrected chi connectivity index (χ4v) is 1.41. The molecule has 0 aromatic carbocycles. The number of hydrogen-bond donors (Lipinski definition) is 0. The van der Waals surface area contributed by atoms with Crippen LogP contribution in [0.25, 0.3) is 11.5 Å². The molecule has 2 rings (SSSR count). The molecular formula is C12H13N3. The van der Waals surface area contributed by atoms with Crippen molar-refractivity contribution >= 4 is 0 Å². The normalized spacial score (nSPS) is 10.2. The predicted molar refractivity (Wildman–Crippen MR) is 59.3 cm³/mol.